The Kier molecular flexibility index (Phi) is 8.00. The molecule has 0 heterocycles. The number of rotatable bonds is 5. The van der Waals surface area contributed by atoms with Crippen LogP contribution in [0.25, 0.3) is 0 Å². The van der Waals surface area contributed by atoms with Crippen molar-refractivity contribution in [1.82, 2.24) is 0 Å². The van der Waals surface area contributed by atoms with E-state index in [0.29, 0.717) is 22.3 Å². The normalized spacial score (nSPS) is 9.72. The van der Waals surface area contributed by atoms with Crippen molar-refractivity contribution < 1.29 is 19.4 Å². The van der Waals surface area contributed by atoms with Gasteiger partial charge in [0.15, 0.2) is 6.61 Å². The van der Waals surface area contributed by atoms with Crippen molar-refractivity contribution >= 4 is 35.0 Å². The zero-order valence-corrected chi connectivity index (χ0v) is 14.6. The van der Waals surface area contributed by atoms with Crippen LogP contribution < -0.4 is 21.9 Å². The summed E-state index contributed by atoms with van der Waals surface area (Å²) < 4.78 is 5.13. The quantitative estimate of drug-likeness (QED) is 0.620. The molecule has 2 aromatic carbocycles. The van der Waals surface area contributed by atoms with Gasteiger partial charge in [0.25, 0.3) is 11.8 Å². The van der Waals surface area contributed by atoms with Gasteiger partial charge in [-0.3, -0.25) is 9.59 Å². The van der Waals surface area contributed by atoms with Gasteiger partial charge in [0.1, 0.15) is 11.5 Å². The fourth-order valence-corrected chi connectivity index (χ4v) is 2.07. The number of ether oxygens (including phenoxy) is 1. The van der Waals surface area contributed by atoms with Crippen LogP contribution in [0.5, 0.6) is 11.5 Å². The molecule has 2 amide bonds. The molecule has 0 radical (unpaired) electrons. The molecule has 25 heavy (non-hydrogen) atoms. The standard InChI is InChI=1S/C9H11ClN2O2.C7H6ClNO2/c10-7-1-2-8(6(3-7)4-11)14-5-9(12)13;8-4-1-2-6(10)5(3-4)7(9)11/h1-3H,4-5,11H2,(H2,12,13);1-3,10H,(H2,9,11). The predicted molar refractivity (Wildman–Crippen MR) is 95.7 cm³/mol. The van der Waals surface area contributed by atoms with Crippen LogP contribution in [-0.4, -0.2) is 23.5 Å². The third kappa shape index (κ3) is 6.88. The second-order valence-corrected chi connectivity index (χ2v) is 5.61. The van der Waals surface area contributed by atoms with E-state index < -0.39 is 11.8 Å². The van der Waals surface area contributed by atoms with Gasteiger partial charge in [0.2, 0.25) is 0 Å². The first-order chi connectivity index (χ1) is 11.7. The first-order valence-electron chi connectivity index (χ1n) is 6.92. The number of aromatic hydroxyl groups is 1. The van der Waals surface area contributed by atoms with E-state index in [1.54, 1.807) is 18.2 Å². The van der Waals surface area contributed by atoms with E-state index in [1.807, 2.05) is 0 Å². The van der Waals surface area contributed by atoms with Gasteiger partial charge in [-0.25, -0.2) is 0 Å². The molecule has 0 bridgehead atoms. The first kappa shape index (κ1) is 20.6. The lowest BCUT2D eigenvalue weighted by Gasteiger charge is -2.08. The summed E-state index contributed by atoms with van der Waals surface area (Å²) in [7, 11) is 0. The van der Waals surface area contributed by atoms with Crippen LogP contribution in [0.2, 0.25) is 10.0 Å². The molecule has 7 N–H and O–H groups in total. The highest BCUT2D eigenvalue weighted by molar-refractivity contribution is 6.31. The summed E-state index contributed by atoms with van der Waals surface area (Å²) in [6, 6.07) is 9.13. The van der Waals surface area contributed by atoms with Crippen molar-refractivity contribution in [2.24, 2.45) is 17.2 Å². The molecule has 0 aliphatic heterocycles. The van der Waals surface area contributed by atoms with Gasteiger partial charge >= 0.3 is 0 Å². The lowest BCUT2D eigenvalue weighted by Crippen LogP contribution is -2.20. The second-order valence-electron chi connectivity index (χ2n) is 4.74. The van der Waals surface area contributed by atoms with Gasteiger partial charge in [-0.05, 0) is 36.4 Å². The third-order valence-corrected chi connectivity index (χ3v) is 3.31. The Hall–Kier alpha value is -2.48. The number of halogens is 2. The Morgan fingerprint density at radius 2 is 1.64 bits per heavy atom. The van der Waals surface area contributed by atoms with E-state index in [9.17, 15) is 9.59 Å². The van der Waals surface area contributed by atoms with E-state index in [4.69, 9.17) is 50.2 Å². The molecule has 0 fully saturated rings. The summed E-state index contributed by atoms with van der Waals surface area (Å²) >= 11 is 11.3. The molecule has 2 aromatic rings. The molecule has 7 nitrogen and oxygen atoms in total. The maximum atomic E-state index is 10.6. The van der Waals surface area contributed by atoms with Crippen LogP contribution in [0, 0.1) is 0 Å². The molecule has 0 aromatic heterocycles. The van der Waals surface area contributed by atoms with E-state index in [1.165, 1.54) is 18.2 Å². The summed E-state index contributed by atoms with van der Waals surface area (Å²) in [6.07, 6.45) is 0. The molecular formula is C16H17Cl2N3O4. The van der Waals surface area contributed by atoms with Gasteiger partial charge in [-0.1, -0.05) is 23.2 Å². The minimum Gasteiger partial charge on any atom is -0.507 e. The molecule has 9 heteroatoms. The van der Waals surface area contributed by atoms with Crippen molar-refractivity contribution in [2.75, 3.05) is 6.61 Å². The number of nitrogens with two attached hydrogens (primary N) is 3. The van der Waals surface area contributed by atoms with Gasteiger partial charge in [-0.2, -0.15) is 0 Å². The molecule has 0 saturated carbocycles. The van der Waals surface area contributed by atoms with E-state index in [-0.39, 0.29) is 17.9 Å². The monoisotopic (exact) mass is 385 g/mol. The Morgan fingerprint density at radius 1 is 1.04 bits per heavy atom. The fraction of sp³-hybridized carbons (Fsp3) is 0.125. The highest BCUT2D eigenvalue weighted by atomic mass is 35.5. The maximum absolute atomic E-state index is 10.6. The molecule has 0 spiro atoms. The van der Waals surface area contributed by atoms with Crippen LogP contribution in [0.15, 0.2) is 36.4 Å². The highest BCUT2D eigenvalue weighted by Crippen LogP contribution is 2.22. The first-order valence-corrected chi connectivity index (χ1v) is 7.68. The van der Waals surface area contributed by atoms with Crippen molar-refractivity contribution in [1.29, 1.82) is 0 Å². The molecule has 0 unspecified atom stereocenters. The van der Waals surface area contributed by atoms with Gasteiger partial charge in [0.05, 0.1) is 5.56 Å². The van der Waals surface area contributed by atoms with Crippen molar-refractivity contribution in [3.05, 3.63) is 57.6 Å². The van der Waals surface area contributed by atoms with Crippen LogP contribution >= 0.6 is 23.2 Å². The minimum absolute atomic E-state index is 0.0394. The van der Waals surface area contributed by atoms with Crippen LogP contribution in [0.4, 0.5) is 0 Å². The van der Waals surface area contributed by atoms with Crippen LogP contribution in [0.3, 0.4) is 0 Å². The number of hydrogen-bond acceptors (Lipinski definition) is 5. The van der Waals surface area contributed by atoms with E-state index in [2.05, 4.69) is 0 Å². The van der Waals surface area contributed by atoms with Gasteiger partial charge in [0, 0.05) is 22.2 Å². The number of carbonyl (C=O) groups excluding carboxylic acids is 2. The van der Waals surface area contributed by atoms with Crippen molar-refractivity contribution in [2.45, 2.75) is 6.54 Å². The lowest BCUT2D eigenvalue weighted by molar-refractivity contribution is -0.119. The van der Waals surface area contributed by atoms with Crippen molar-refractivity contribution in [3.8, 4) is 11.5 Å². The smallest absolute Gasteiger partial charge is 0.255 e. The van der Waals surface area contributed by atoms with Gasteiger partial charge < -0.3 is 27.0 Å². The Balaban J connectivity index is 0.000000257. The average Bonchev–Trinajstić information content (AvgIpc) is 2.56. The Bertz CT molecular complexity index is 769. The topological polar surface area (TPSA) is 142 Å². The predicted octanol–water partition coefficient (Wildman–Crippen LogP) is 1.81. The van der Waals surface area contributed by atoms with Crippen LogP contribution in [-0.2, 0) is 11.3 Å². The van der Waals surface area contributed by atoms with E-state index >= 15 is 0 Å². The van der Waals surface area contributed by atoms with Crippen LogP contribution in [0.1, 0.15) is 15.9 Å². The summed E-state index contributed by atoms with van der Waals surface area (Å²) in [5.41, 5.74) is 16.1. The summed E-state index contributed by atoms with van der Waals surface area (Å²) in [6.45, 7) is 0.142. The zero-order chi connectivity index (χ0) is 19.0. The molecule has 0 aliphatic carbocycles. The number of amides is 2. The second kappa shape index (κ2) is 9.73. The number of carbonyl (C=O) groups is 2. The minimum atomic E-state index is -0.690. The Labute approximate surface area is 154 Å². The van der Waals surface area contributed by atoms with Gasteiger partial charge in [-0.15, -0.1) is 0 Å². The number of phenols is 1. The highest BCUT2D eigenvalue weighted by Gasteiger charge is 2.06. The zero-order valence-electron chi connectivity index (χ0n) is 13.0. The van der Waals surface area contributed by atoms with Crippen molar-refractivity contribution in [3.63, 3.8) is 0 Å². The summed E-state index contributed by atoms with van der Waals surface area (Å²) in [5.74, 6) is -0.828. The molecule has 0 atom stereocenters. The SMILES string of the molecule is NC(=O)c1cc(Cl)ccc1O.NCc1cc(Cl)ccc1OCC(N)=O. The average molecular weight is 386 g/mol. The number of benzene rings is 2. The molecule has 0 aliphatic rings. The summed E-state index contributed by atoms with van der Waals surface area (Å²) in [5, 5.41) is 10.00. The summed E-state index contributed by atoms with van der Waals surface area (Å²) in [4.78, 5) is 21.1. The lowest BCUT2D eigenvalue weighted by atomic mass is 10.2. The third-order valence-electron chi connectivity index (χ3n) is 2.84. The number of hydrogen-bond donors (Lipinski definition) is 4. The molecule has 134 valence electrons. The van der Waals surface area contributed by atoms with E-state index in [0.717, 1.165) is 5.56 Å². The number of primary amides is 2. The molecule has 2 rings (SSSR count). The molecule has 0 saturated heterocycles. The Morgan fingerprint density at radius 3 is 2.16 bits per heavy atom. The largest absolute Gasteiger partial charge is 0.507 e. The maximum Gasteiger partial charge on any atom is 0.255 e. The molecular weight excluding hydrogens is 369 g/mol. The fourth-order valence-electron chi connectivity index (χ4n) is 1.70.